The molecule has 1 aromatic carbocycles. The fraction of sp³-hybridized carbons (Fsp3) is 0.500. The van der Waals surface area contributed by atoms with E-state index in [4.69, 9.17) is 0 Å². The van der Waals surface area contributed by atoms with Crippen LogP contribution in [0.3, 0.4) is 0 Å². The maximum Gasteiger partial charge on any atom is 0.511 e. The second-order valence-electron chi connectivity index (χ2n) is 7.69. The van der Waals surface area contributed by atoms with E-state index in [-0.39, 0.29) is 43.7 Å². The minimum atomic E-state index is -5.47. The summed E-state index contributed by atoms with van der Waals surface area (Å²) in [4.78, 5) is 39.2. The molecule has 0 aliphatic carbocycles. The standard InChI is InChI=1S/C18H18F4N4O5S/c19-10-7-11-12(9-26(17(11)29)13-1-2-15(27)23-16(13)28)14(8-10)24-3-5-25(6-4-24)32(30,31)18(20,21)22/h7-8,13H,1-6,9H2,(H,23,27,28). The van der Waals surface area contributed by atoms with Crippen LogP contribution in [0.5, 0.6) is 0 Å². The maximum absolute atomic E-state index is 14.3. The van der Waals surface area contributed by atoms with Gasteiger partial charge in [0.15, 0.2) is 0 Å². The molecule has 174 valence electrons. The number of carbonyl (C=O) groups is 3. The number of hydrogen-bond donors (Lipinski definition) is 1. The van der Waals surface area contributed by atoms with Gasteiger partial charge in [-0.1, -0.05) is 0 Å². The highest BCUT2D eigenvalue weighted by molar-refractivity contribution is 7.90. The molecule has 4 rings (SSSR count). The highest BCUT2D eigenvalue weighted by atomic mass is 32.2. The quantitative estimate of drug-likeness (QED) is 0.503. The number of piperidine rings is 1. The van der Waals surface area contributed by atoms with Gasteiger partial charge in [0.25, 0.3) is 5.91 Å². The van der Waals surface area contributed by atoms with Crippen molar-refractivity contribution in [3.63, 3.8) is 0 Å². The van der Waals surface area contributed by atoms with Crippen molar-refractivity contribution in [1.29, 1.82) is 0 Å². The summed E-state index contributed by atoms with van der Waals surface area (Å²) in [6, 6.07) is 1.25. The molecule has 2 saturated heterocycles. The Morgan fingerprint density at radius 1 is 1.03 bits per heavy atom. The normalized spacial score (nSPS) is 22.9. The zero-order valence-electron chi connectivity index (χ0n) is 16.5. The summed E-state index contributed by atoms with van der Waals surface area (Å²) < 4.78 is 76.2. The number of halogens is 4. The number of fused-ring (bicyclic) bond motifs is 1. The van der Waals surface area contributed by atoms with Crippen LogP contribution in [0.4, 0.5) is 23.2 Å². The Labute approximate surface area is 180 Å². The second-order valence-corrected chi connectivity index (χ2v) is 9.62. The Morgan fingerprint density at radius 2 is 1.69 bits per heavy atom. The summed E-state index contributed by atoms with van der Waals surface area (Å²) in [5.74, 6) is -2.42. The van der Waals surface area contributed by atoms with Crippen LogP contribution in [0.1, 0.15) is 28.8 Å². The van der Waals surface area contributed by atoms with Gasteiger partial charge in [-0.05, 0) is 18.6 Å². The van der Waals surface area contributed by atoms with E-state index in [2.05, 4.69) is 5.32 Å². The molecule has 0 radical (unpaired) electrons. The van der Waals surface area contributed by atoms with E-state index in [0.29, 0.717) is 9.87 Å². The van der Waals surface area contributed by atoms with E-state index >= 15 is 0 Å². The molecule has 14 heteroatoms. The fourth-order valence-corrected chi connectivity index (χ4v) is 5.14. The lowest BCUT2D eigenvalue weighted by Gasteiger charge is -2.36. The summed E-state index contributed by atoms with van der Waals surface area (Å²) >= 11 is 0. The number of benzene rings is 1. The maximum atomic E-state index is 14.3. The molecule has 0 bridgehead atoms. The highest BCUT2D eigenvalue weighted by Crippen LogP contribution is 2.36. The summed E-state index contributed by atoms with van der Waals surface area (Å²) in [5.41, 5.74) is -4.74. The van der Waals surface area contributed by atoms with Crippen molar-refractivity contribution < 1.29 is 40.4 Å². The first kappa shape index (κ1) is 22.5. The van der Waals surface area contributed by atoms with E-state index in [1.165, 1.54) is 9.80 Å². The van der Waals surface area contributed by atoms with E-state index in [1.807, 2.05) is 0 Å². The van der Waals surface area contributed by atoms with Crippen LogP contribution < -0.4 is 10.2 Å². The molecular formula is C18H18F4N4O5S. The minimum Gasteiger partial charge on any atom is -0.369 e. The smallest absolute Gasteiger partial charge is 0.369 e. The number of hydrogen-bond acceptors (Lipinski definition) is 6. The van der Waals surface area contributed by atoms with Crippen molar-refractivity contribution in [3.05, 3.63) is 29.1 Å². The van der Waals surface area contributed by atoms with Crippen molar-refractivity contribution >= 4 is 33.4 Å². The first-order valence-corrected chi connectivity index (χ1v) is 11.1. The molecule has 1 atom stereocenters. The Balaban J connectivity index is 1.57. The van der Waals surface area contributed by atoms with Gasteiger partial charge in [0.05, 0.1) is 0 Å². The number of sulfonamides is 1. The molecule has 0 aromatic heterocycles. The molecule has 3 amide bonds. The van der Waals surface area contributed by atoms with E-state index in [0.717, 1.165) is 12.1 Å². The first-order valence-electron chi connectivity index (χ1n) is 9.68. The number of anilines is 1. The molecule has 3 aliphatic heterocycles. The average molecular weight is 478 g/mol. The SMILES string of the molecule is O=C1CCC(N2Cc3c(cc(F)cc3N3CCN(S(=O)(=O)C(F)(F)F)CC3)C2=O)C(=O)N1. The molecule has 1 aromatic rings. The number of nitrogens with one attached hydrogen (secondary N) is 1. The predicted octanol–water partition coefficient (Wildman–Crippen LogP) is 0.558. The Morgan fingerprint density at radius 3 is 2.28 bits per heavy atom. The van der Waals surface area contributed by atoms with Gasteiger partial charge in [0.1, 0.15) is 11.9 Å². The van der Waals surface area contributed by atoms with Crippen LogP contribution in [-0.2, 0) is 26.2 Å². The summed E-state index contributed by atoms with van der Waals surface area (Å²) in [6.45, 7) is -1.25. The van der Waals surface area contributed by atoms with E-state index < -0.39 is 58.2 Å². The zero-order valence-corrected chi connectivity index (χ0v) is 17.3. The minimum absolute atomic E-state index is 0.0232. The van der Waals surface area contributed by atoms with Gasteiger partial charge in [-0.25, -0.2) is 12.8 Å². The van der Waals surface area contributed by atoms with Gasteiger partial charge < -0.3 is 9.80 Å². The van der Waals surface area contributed by atoms with Crippen molar-refractivity contribution in [3.8, 4) is 0 Å². The Bertz CT molecular complexity index is 1100. The largest absolute Gasteiger partial charge is 0.511 e. The molecule has 0 spiro atoms. The van der Waals surface area contributed by atoms with Gasteiger partial charge in [0, 0.05) is 56.0 Å². The first-order chi connectivity index (χ1) is 14.9. The van der Waals surface area contributed by atoms with E-state index in [1.54, 1.807) is 0 Å². The summed E-state index contributed by atoms with van der Waals surface area (Å²) in [7, 11) is -5.47. The van der Waals surface area contributed by atoms with Gasteiger partial charge >= 0.3 is 15.5 Å². The number of nitrogens with zero attached hydrogens (tertiary/aromatic N) is 3. The topological polar surface area (TPSA) is 107 Å². The molecule has 1 unspecified atom stereocenters. The van der Waals surface area contributed by atoms with Crippen LogP contribution in [0, 0.1) is 5.82 Å². The summed E-state index contributed by atoms with van der Waals surface area (Å²) in [5, 5.41) is 2.16. The van der Waals surface area contributed by atoms with E-state index in [9.17, 15) is 40.4 Å². The third-order valence-electron chi connectivity index (χ3n) is 5.81. The number of carbonyl (C=O) groups excluding carboxylic acids is 3. The molecule has 9 nitrogen and oxygen atoms in total. The number of imide groups is 1. The molecule has 1 N–H and O–H groups in total. The monoisotopic (exact) mass is 478 g/mol. The number of alkyl halides is 3. The van der Waals surface area contributed by atoms with Gasteiger partial charge in [-0.2, -0.15) is 17.5 Å². The third-order valence-corrected chi connectivity index (χ3v) is 7.44. The van der Waals surface area contributed by atoms with Crippen molar-refractivity contribution in [1.82, 2.24) is 14.5 Å². The lowest BCUT2D eigenvalue weighted by atomic mass is 10.0. The molecule has 3 aliphatic rings. The van der Waals surface area contributed by atoms with Crippen LogP contribution >= 0.6 is 0 Å². The molecule has 0 saturated carbocycles. The molecule has 2 fully saturated rings. The summed E-state index contributed by atoms with van der Waals surface area (Å²) in [6.07, 6.45) is 0.170. The third kappa shape index (κ3) is 3.70. The lowest BCUT2D eigenvalue weighted by Crippen LogP contribution is -2.52. The van der Waals surface area contributed by atoms with Gasteiger partial charge in [0.2, 0.25) is 11.8 Å². The molecule has 3 heterocycles. The van der Waals surface area contributed by atoms with Crippen molar-refractivity contribution in [2.75, 3.05) is 31.1 Å². The highest BCUT2D eigenvalue weighted by Gasteiger charge is 2.50. The zero-order chi connectivity index (χ0) is 23.4. The molecule has 32 heavy (non-hydrogen) atoms. The van der Waals surface area contributed by atoms with Crippen LogP contribution in [0.25, 0.3) is 0 Å². The van der Waals surface area contributed by atoms with Crippen LogP contribution in [0.2, 0.25) is 0 Å². The van der Waals surface area contributed by atoms with Gasteiger partial charge in [-0.15, -0.1) is 0 Å². The molecular weight excluding hydrogens is 460 g/mol. The Hall–Kier alpha value is -2.74. The lowest BCUT2D eigenvalue weighted by molar-refractivity contribution is -0.136. The van der Waals surface area contributed by atoms with Crippen molar-refractivity contribution in [2.45, 2.75) is 30.9 Å². The average Bonchev–Trinajstić information content (AvgIpc) is 3.03. The number of amides is 3. The predicted molar refractivity (Wildman–Crippen MR) is 101 cm³/mol. The number of rotatable bonds is 3. The fourth-order valence-electron chi connectivity index (χ4n) is 4.21. The Kier molecular flexibility index (Phi) is 5.40. The van der Waals surface area contributed by atoms with Crippen LogP contribution in [-0.4, -0.2) is 73.1 Å². The van der Waals surface area contributed by atoms with Crippen molar-refractivity contribution in [2.24, 2.45) is 0 Å². The second kappa shape index (κ2) is 7.69. The number of piperazine rings is 1. The van der Waals surface area contributed by atoms with Crippen LogP contribution in [0.15, 0.2) is 12.1 Å². The van der Waals surface area contributed by atoms with Gasteiger partial charge in [-0.3, -0.25) is 19.7 Å².